The van der Waals surface area contributed by atoms with E-state index in [1.165, 1.54) is 0 Å². The van der Waals surface area contributed by atoms with Crippen LogP contribution in [0.1, 0.15) is 44.7 Å². The van der Waals surface area contributed by atoms with Crippen molar-refractivity contribution in [2.75, 3.05) is 18.1 Å². The van der Waals surface area contributed by atoms with E-state index in [0.29, 0.717) is 18.2 Å². The van der Waals surface area contributed by atoms with Crippen LogP contribution in [0.4, 0.5) is 5.69 Å². The minimum Gasteiger partial charge on any atom is -0.395 e. The zero-order valence-corrected chi connectivity index (χ0v) is 13.2. The lowest BCUT2D eigenvalue weighted by Crippen LogP contribution is -2.35. The fourth-order valence-corrected chi connectivity index (χ4v) is 2.39. The standard InChI is InChI=1S/C17H25N3O/c1-17(2,3)19-12-13-4-7-16(14(10-13)11-18)20(8-9-21)15-5-6-15/h4,7,10,15,19,21H,5-6,8-9,12H2,1-3H3. The second-order valence-corrected chi connectivity index (χ2v) is 6.72. The van der Waals surface area contributed by atoms with Gasteiger partial charge in [-0.25, -0.2) is 0 Å². The highest BCUT2D eigenvalue weighted by Gasteiger charge is 2.30. The molecule has 1 aromatic rings. The predicted octanol–water partition coefficient (Wildman–Crippen LogP) is 2.41. The first kappa shape index (κ1) is 15.8. The molecular weight excluding hydrogens is 262 g/mol. The Balaban J connectivity index is 2.18. The molecule has 2 N–H and O–H groups in total. The molecule has 0 radical (unpaired) electrons. The van der Waals surface area contributed by atoms with Gasteiger partial charge in [-0.15, -0.1) is 0 Å². The summed E-state index contributed by atoms with van der Waals surface area (Å²) in [6.45, 7) is 7.85. The van der Waals surface area contributed by atoms with Crippen LogP contribution < -0.4 is 10.2 Å². The van der Waals surface area contributed by atoms with Gasteiger partial charge in [-0.1, -0.05) is 6.07 Å². The number of nitrogens with zero attached hydrogens (tertiary/aromatic N) is 2. The minimum absolute atomic E-state index is 0.0580. The lowest BCUT2D eigenvalue weighted by molar-refractivity contribution is 0.301. The van der Waals surface area contributed by atoms with Crippen LogP contribution in [0.25, 0.3) is 0 Å². The van der Waals surface area contributed by atoms with Crippen LogP contribution in [0.3, 0.4) is 0 Å². The number of benzene rings is 1. The van der Waals surface area contributed by atoms with Crippen molar-refractivity contribution in [1.82, 2.24) is 5.32 Å². The maximum absolute atomic E-state index is 9.43. The van der Waals surface area contributed by atoms with Gasteiger partial charge in [-0.3, -0.25) is 0 Å². The van der Waals surface area contributed by atoms with Crippen LogP contribution >= 0.6 is 0 Å². The normalized spacial score (nSPS) is 14.8. The molecule has 1 aliphatic carbocycles. The second-order valence-electron chi connectivity index (χ2n) is 6.72. The highest BCUT2D eigenvalue weighted by molar-refractivity contribution is 5.61. The van der Waals surface area contributed by atoms with Gasteiger partial charge < -0.3 is 15.3 Å². The summed E-state index contributed by atoms with van der Waals surface area (Å²) in [5, 5.41) is 22.1. The molecule has 0 unspecified atom stereocenters. The van der Waals surface area contributed by atoms with Crippen molar-refractivity contribution in [1.29, 1.82) is 5.26 Å². The summed E-state index contributed by atoms with van der Waals surface area (Å²) in [4.78, 5) is 2.17. The Labute approximate surface area is 127 Å². The molecule has 1 aliphatic rings. The number of aliphatic hydroxyl groups excluding tert-OH is 1. The van der Waals surface area contributed by atoms with Crippen molar-refractivity contribution in [3.8, 4) is 6.07 Å². The first-order valence-corrected chi connectivity index (χ1v) is 7.60. The Morgan fingerprint density at radius 3 is 2.62 bits per heavy atom. The van der Waals surface area contributed by atoms with Crippen molar-refractivity contribution < 1.29 is 5.11 Å². The Morgan fingerprint density at radius 2 is 2.10 bits per heavy atom. The predicted molar refractivity (Wildman–Crippen MR) is 85.2 cm³/mol. The average molecular weight is 287 g/mol. The third kappa shape index (κ3) is 4.45. The summed E-state index contributed by atoms with van der Waals surface area (Å²) in [5.74, 6) is 0. The van der Waals surface area contributed by atoms with Gasteiger partial charge >= 0.3 is 0 Å². The summed E-state index contributed by atoms with van der Waals surface area (Å²) in [6.07, 6.45) is 2.30. The first-order chi connectivity index (χ1) is 9.94. The third-order valence-electron chi connectivity index (χ3n) is 3.64. The van der Waals surface area contributed by atoms with E-state index in [0.717, 1.165) is 30.6 Å². The molecule has 0 atom stereocenters. The van der Waals surface area contributed by atoms with Crippen molar-refractivity contribution in [2.24, 2.45) is 0 Å². The van der Waals surface area contributed by atoms with Crippen molar-refractivity contribution in [3.05, 3.63) is 29.3 Å². The highest BCUT2D eigenvalue weighted by atomic mass is 16.3. The number of nitrogens with one attached hydrogen (secondary N) is 1. The topological polar surface area (TPSA) is 59.3 Å². The van der Waals surface area contributed by atoms with E-state index in [1.54, 1.807) is 0 Å². The molecule has 0 bridgehead atoms. The van der Waals surface area contributed by atoms with Crippen LogP contribution in [0.5, 0.6) is 0 Å². The Bertz CT molecular complexity index is 524. The van der Waals surface area contributed by atoms with Crippen LogP contribution in [0.15, 0.2) is 18.2 Å². The van der Waals surface area contributed by atoms with Gasteiger partial charge in [0, 0.05) is 24.7 Å². The Hall–Kier alpha value is -1.57. The van der Waals surface area contributed by atoms with Crippen molar-refractivity contribution in [3.63, 3.8) is 0 Å². The third-order valence-corrected chi connectivity index (χ3v) is 3.64. The van der Waals surface area contributed by atoms with Gasteiger partial charge in [0.1, 0.15) is 6.07 Å². The second kappa shape index (κ2) is 6.46. The van der Waals surface area contributed by atoms with E-state index in [-0.39, 0.29) is 12.1 Å². The molecule has 1 fully saturated rings. The molecular formula is C17H25N3O. The average Bonchev–Trinajstić information content (AvgIpc) is 3.26. The van der Waals surface area contributed by atoms with Gasteiger partial charge in [-0.2, -0.15) is 5.26 Å². The van der Waals surface area contributed by atoms with Gasteiger partial charge in [-0.05, 0) is 51.3 Å². The lowest BCUT2D eigenvalue weighted by atomic mass is 10.1. The molecule has 0 saturated heterocycles. The molecule has 4 heteroatoms. The van der Waals surface area contributed by atoms with Gasteiger partial charge in [0.2, 0.25) is 0 Å². The Morgan fingerprint density at radius 1 is 1.38 bits per heavy atom. The van der Waals surface area contributed by atoms with Gasteiger partial charge in [0.15, 0.2) is 0 Å². The monoisotopic (exact) mass is 287 g/mol. The zero-order valence-electron chi connectivity index (χ0n) is 13.2. The van der Waals surface area contributed by atoms with Crippen LogP contribution in [-0.4, -0.2) is 29.8 Å². The molecule has 0 amide bonds. The smallest absolute Gasteiger partial charge is 0.101 e. The quantitative estimate of drug-likeness (QED) is 0.843. The van der Waals surface area contributed by atoms with E-state index < -0.39 is 0 Å². The molecule has 0 heterocycles. The maximum atomic E-state index is 9.43. The highest BCUT2D eigenvalue weighted by Crippen LogP contribution is 2.33. The fraction of sp³-hybridized carbons (Fsp3) is 0.588. The summed E-state index contributed by atoms with van der Waals surface area (Å²) in [6, 6.07) is 8.84. The van der Waals surface area contributed by atoms with Gasteiger partial charge in [0.25, 0.3) is 0 Å². The summed E-state index contributed by atoms with van der Waals surface area (Å²) < 4.78 is 0. The molecule has 0 spiro atoms. The molecule has 0 aliphatic heterocycles. The van der Waals surface area contributed by atoms with E-state index in [4.69, 9.17) is 0 Å². The molecule has 1 saturated carbocycles. The molecule has 114 valence electrons. The lowest BCUT2D eigenvalue weighted by Gasteiger charge is -2.25. The maximum Gasteiger partial charge on any atom is 0.101 e. The largest absolute Gasteiger partial charge is 0.395 e. The van der Waals surface area contributed by atoms with E-state index >= 15 is 0 Å². The zero-order chi connectivity index (χ0) is 15.5. The van der Waals surface area contributed by atoms with Crippen LogP contribution in [0, 0.1) is 11.3 Å². The molecule has 4 nitrogen and oxygen atoms in total. The molecule has 1 aromatic carbocycles. The van der Waals surface area contributed by atoms with Crippen molar-refractivity contribution >= 4 is 5.69 Å². The van der Waals surface area contributed by atoms with Crippen LogP contribution in [-0.2, 0) is 6.54 Å². The fourth-order valence-electron chi connectivity index (χ4n) is 2.39. The van der Waals surface area contributed by atoms with E-state index in [1.807, 2.05) is 12.1 Å². The summed E-state index contributed by atoms with van der Waals surface area (Å²) >= 11 is 0. The van der Waals surface area contributed by atoms with Gasteiger partial charge in [0.05, 0.1) is 17.9 Å². The number of nitriles is 1. The summed E-state index contributed by atoms with van der Waals surface area (Å²) in [7, 11) is 0. The molecule has 0 aromatic heterocycles. The number of hydrogen-bond acceptors (Lipinski definition) is 4. The molecule has 21 heavy (non-hydrogen) atoms. The summed E-state index contributed by atoms with van der Waals surface area (Å²) in [5.41, 5.74) is 2.82. The molecule has 2 rings (SSSR count). The number of hydrogen-bond donors (Lipinski definition) is 2. The number of anilines is 1. The Kier molecular flexibility index (Phi) is 4.87. The number of aliphatic hydroxyl groups is 1. The SMILES string of the molecule is CC(C)(C)NCc1ccc(N(CCO)C2CC2)c(C#N)c1. The van der Waals surface area contributed by atoms with E-state index in [9.17, 15) is 10.4 Å². The van der Waals surface area contributed by atoms with Crippen molar-refractivity contribution in [2.45, 2.75) is 51.7 Å². The van der Waals surface area contributed by atoms with Crippen LogP contribution in [0.2, 0.25) is 0 Å². The van der Waals surface area contributed by atoms with E-state index in [2.05, 4.69) is 43.1 Å². The first-order valence-electron chi connectivity index (χ1n) is 7.60. The minimum atomic E-state index is 0.0580. The number of rotatable bonds is 6.